The van der Waals surface area contributed by atoms with E-state index in [1.165, 1.54) is 0 Å². The summed E-state index contributed by atoms with van der Waals surface area (Å²) >= 11 is 0. The van der Waals surface area contributed by atoms with Crippen LogP contribution in [-0.4, -0.2) is 45.0 Å². The summed E-state index contributed by atoms with van der Waals surface area (Å²) in [5.41, 5.74) is 6.11. The van der Waals surface area contributed by atoms with Gasteiger partial charge >= 0.3 is 0 Å². The summed E-state index contributed by atoms with van der Waals surface area (Å²) in [5, 5.41) is 3.35. The van der Waals surface area contributed by atoms with Crippen molar-refractivity contribution in [3.05, 3.63) is 0 Å². The fraction of sp³-hybridized carbons (Fsp3) is 0.929. The lowest BCUT2D eigenvalue weighted by Gasteiger charge is -2.55. The van der Waals surface area contributed by atoms with Gasteiger partial charge in [-0.2, -0.15) is 0 Å². The summed E-state index contributed by atoms with van der Waals surface area (Å²) in [7, 11) is 1.66. The highest BCUT2D eigenvalue weighted by Gasteiger charge is 2.53. The van der Waals surface area contributed by atoms with Crippen molar-refractivity contribution in [2.24, 2.45) is 16.1 Å². The largest absolute Gasteiger partial charge is 0.383 e. The van der Waals surface area contributed by atoms with Gasteiger partial charge in [-0.25, -0.2) is 0 Å². The first-order chi connectivity index (χ1) is 9.14. The number of aliphatic imine (C=N–C) groups is 1. The van der Waals surface area contributed by atoms with E-state index in [4.69, 9.17) is 15.2 Å². The Morgan fingerprint density at radius 3 is 2.58 bits per heavy atom. The topological polar surface area (TPSA) is 68.9 Å². The van der Waals surface area contributed by atoms with E-state index in [0.717, 1.165) is 25.9 Å². The second kappa shape index (κ2) is 7.70. The number of methoxy groups -OCH3 is 1. The smallest absolute Gasteiger partial charge is 0.188 e. The van der Waals surface area contributed by atoms with Crippen LogP contribution in [0.25, 0.3) is 0 Å². The van der Waals surface area contributed by atoms with Crippen LogP contribution in [0, 0.1) is 5.41 Å². The maximum absolute atomic E-state index is 5.92. The summed E-state index contributed by atoms with van der Waals surface area (Å²) in [4.78, 5) is 4.26. The Hall–Kier alpha value is -0.810. The second-order valence-electron chi connectivity index (χ2n) is 5.08. The van der Waals surface area contributed by atoms with Gasteiger partial charge in [-0.3, -0.25) is 4.99 Å². The third-order valence-corrected chi connectivity index (χ3v) is 4.37. The molecule has 5 nitrogen and oxygen atoms in total. The molecule has 1 aliphatic carbocycles. The molecule has 3 N–H and O–H groups in total. The van der Waals surface area contributed by atoms with E-state index < -0.39 is 0 Å². The van der Waals surface area contributed by atoms with Crippen LogP contribution in [0.3, 0.4) is 0 Å². The van der Waals surface area contributed by atoms with E-state index in [1.807, 2.05) is 0 Å². The van der Waals surface area contributed by atoms with Crippen LogP contribution in [0.2, 0.25) is 0 Å². The quantitative estimate of drug-likeness (QED) is 0.399. The SMILES string of the molecule is CCOC1CC(NC(N)=NCCOC)C1(CC)CC. The Labute approximate surface area is 116 Å². The van der Waals surface area contributed by atoms with Gasteiger partial charge in [0.15, 0.2) is 5.96 Å². The van der Waals surface area contributed by atoms with E-state index in [9.17, 15) is 0 Å². The monoisotopic (exact) mass is 271 g/mol. The molecule has 0 bridgehead atoms. The predicted octanol–water partition coefficient (Wildman–Crippen LogP) is 1.52. The third-order valence-electron chi connectivity index (χ3n) is 4.37. The first-order valence-corrected chi connectivity index (χ1v) is 7.31. The van der Waals surface area contributed by atoms with E-state index in [2.05, 4.69) is 31.1 Å². The van der Waals surface area contributed by atoms with Crippen molar-refractivity contribution in [3.8, 4) is 0 Å². The van der Waals surface area contributed by atoms with Crippen LogP contribution >= 0.6 is 0 Å². The number of hydrogen-bond acceptors (Lipinski definition) is 3. The minimum atomic E-state index is 0.192. The highest BCUT2D eigenvalue weighted by molar-refractivity contribution is 5.78. The molecule has 1 aliphatic rings. The number of nitrogens with zero attached hydrogens (tertiary/aromatic N) is 1. The molecule has 5 heteroatoms. The lowest BCUT2D eigenvalue weighted by molar-refractivity contribution is -0.133. The summed E-state index contributed by atoms with van der Waals surface area (Å²) in [6.45, 7) is 8.47. The predicted molar refractivity (Wildman–Crippen MR) is 78.3 cm³/mol. The van der Waals surface area contributed by atoms with Gasteiger partial charge in [-0.1, -0.05) is 13.8 Å². The molecule has 0 aromatic heterocycles. The lowest BCUT2D eigenvalue weighted by atomic mass is 9.58. The Balaban J connectivity index is 2.56. The van der Waals surface area contributed by atoms with Gasteiger partial charge in [0.25, 0.3) is 0 Å². The van der Waals surface area contributed by atoms with E-state index in [-0.39, 0.29) is 5.41 Å². The summed E-state index contributed by atoms with van der Waals surface area (Å²) in [6, 6.07) is 0.366. The molecule has 0 spiro atoms. The molecule has 0 radical (unpaired) electrons. The molecule has 1 saturated carbocycles. The van der Waals surface area contributed by atoms with Crippen LogP contribution in [0.15, 0.2) is 4.99 Å². The van der Waals surface area contributed by atoms with Crippen LogP contribution in [-0.2, 0) is 9.47 Å². The Kier molecular flexibility index (Phi) is 6.58. The standard InChI is InChI=1S/C14H29N3O2/c1-5-14(6-2)11(10-12(14)19-7-3)17-13(15)16-8-9-18-4/h11-12H,5-10H2,1-4H3,(H3,15,16,17). The molecular formula is C14H29N3O2. The Morgan fingerprint density at radius 1 is 1.37 bits per heavy atom. The highest BCUT2D eigenvalue weighted by Crippen LogP contribution is 2.48. The molecule has 1 rings (SSSR count). The summed E-state index contributed by atoms with van der Waals surface area (Å²) in [6.07, 6.45) is 3.54. The fourth-order valence-electron chi connectivity index (χ4n) is 3.06. The van der Waals surface area contributed by atoms with Crippen molar-refractivity contribution in [1.29, 1.82) is 0 Å². The van der Waals surface area contributed by atoms with E-state index in [1.54, 1.807) is 7.11 Å². The molecule has 0 heterocycles. The van der Waals surface area contributed by atoms with Gasteiger partial charge < -0.3 is 20.5 Å². The average molecular weight is 271 g/mol. The van der Waals surface area contributed by atoms with E-state index in [0.29, 0.717) is 31.3 Å². The third kappa shape index (κ3) is 3.60. The van der Waals surface area contributed by atoms with Crippen molar-refractivity contribution in [3.63, 3.8) is 0 Å². The van der Waals surface area contributed by atoms with Gasteiger partial charge in [0.05, 0.1) is 19.3 Å². The summed E-state index contributed by atoms with van der Waals surface area (Å²) in [5.74, 6) is 0.517. The van der Waals surface area contributed by atoms with Gasteiger partial charge in [0.2, 0.25) is 0 Å². The number of nitrogens with one attached hydrogen (secondary N) is 1. The molecule has 112 valence electrons. The van der Waals surface area contributed by atoms with Gasteiger partial charge in [-0.15, -0.1) is 0 Å². The van der Waals surface area contributed by atoms with Gasteiger partial charge in [0, 0.05) is 25.2 Å². The van der Waals surface area contributed by atoms with Crippen molar-refractivity contribution in [1.82, 2.24) is 5.32 Å². The second-order valence-corrected chi connectivity index (χ2v) is 5.08. The number of nitrogens with two attached hydrogens (primary N) is 1. The number of guanidine groups is 1. The highest BCUT2D eigenvalue weighted by atomic mass is 16.5. The minimum absolute atomic E-state index is 0.192. The zero-order chi connectivity index (χ0) is 14.3. The Bertz CT molecular complexity index is 290. The van der Waals surface area contributed by atoms with Crippen molar-refractivity contribution in [2.45, 2.75) is 52.2 Å². The lowest BCUT2D eigenvalue weighted by Crippen LogP contribution is -2.65. The van der Waals surface area contributed by atoms with Crippen molar-refractivity contribution >= 4 is 5.96 Å². The molecule has 0 aromatic carbocycles. The first-order valence-electron chi connectivity index (χ1n) is 7.31. The Morgan fingerprint density at radius 2 is 2.05 bits per heavy atom. The van der Waals surface area contributed by atoms with Gasteiger partial charge in [-0.05, 0) is 26.2 Å². The van der Waals surface area contributed by atoms with Crippen LogP contribution < -0.4 is 11.1 Å². The molecule has 0 amide bonds. The molecule has 1 fully saturated rings. The fourth-order valence-corrected chi connectivity index (χ4v) is 3.06. The van der Waals surface area contributed by atoms with Crippen LogP contribution in [0.4, 0.5) is 0 Å². The van der Waals surface area contributed by atoms with Crippen molar-refractivity contribution < 1.29 is 9.47 Å². The first kappa shape index (κ1) is 16.2. The average Bonchev–Trinajstić information content (AvgIpc) is 2.39. The number of ether oxygens (including phenoxy) is 2. The van der Waals surface area contributed by atoms with Gasteiger partial charge in [0.1, 0.15) is 0 Å². The van der Waals surface area contributed by atoms with Crippen molar-refractivity contribution in [2.75, 3.05) is 26.9 Å². The molecule has 2 unspecified atom stereocenters. The molecule has 0 saturated heterocycles. The normalized spacial score (nSPS) is 26.0. The minimum Gasteiger partial charge on any atom is -0.383 e. The molecule has 0 aliphatic heterocycles. The number of hydrogen-bond donors (Lipinski definition) is 2. The maximum atomic E-state index is 5.92. The van der Waals surface area contributed by atoms with E-state index >= 15 is 0 Å². The maximum Gasteiger partial charge on any atom is 0.188 e. The molecule has 2 atom stereocenters. The van der Waals surface area contributed by atoms with Crippen LogP contribution in [0.1, 0.15) is 40.0 Å². The molecule has 19 heavy (non-hydrogen) atoms. The zero-order valence-electron chi connectivity index (χ0n) is 12.7. The van der Waals surface area contributed by atoms with Crippen LogP contribution in [0.5, 0.6) is 0 Å². The molecule has 0 aromatic rings. The molecular weight excluding hydrogens is 242 g/mol. The zero-order valence-corrected chi connectivity index (χ0v) is 12.7. The summed E-state index contributed by atoms with van der Waals surface area (Å²) < 4.78 is 10.8. The number of rotatable bonds is 8.